The molecular formula is C23H21N3S. The third-order valence-corrected chi connectivity index (χ3v) is 4.50. The summed E-state index contributed by atoms with van der Waals surface area (Å²) < 4.78 is 0. The number of hydrogen-bond donors (Lipinski definition) is 2. The number of benzene rings is 3. The Balaban J connectivity index is 1.77. The number of nitriles is 1. The summed E-state index contributed by atoms with van der Waals surface area (Å²) in [5, 5.41) is 16.0. The zero-order valence-corrected chi connectivity index (χ0v) is 16.0. The van der Waals surface area contributed by atoms with E-state index in [0.717, 1.165) is 22.4 Å². The molecule has 3 aromatic rings. The van der Waals surface area contributed by atoms with E-state index in [1.807, 2.05) is 42.5 Å². The van der Waals surface area contributed by atoms with Crippen molar-refractivity contribution < 1.29 is 0 Å². The lowest BCUT2D eigenvalue weighted by molar-refractivity contribution is 0.768. The molecule has 0 saturated heterocycles. The molecule has 0 amide bonds. The van der Waals surface area contributed by atoms with E-state index in [1.165, 1.54) is 5.56 Å². The van der Waals surface area contributed by atoms with Gasteiger partial charge in [0.2, 0.25) is 0 Å². The fourth-order valence-electron chi connectivity index (χ4n) is 2.95. The van der Waals surface area contributed by atoms with Crippen LogP contribution >= 0.6 is 12.2 Å². The van der Waals surface area contributed by atoms with Crippen LogP contribution in [0.2, 0.25) is 0 Å². The van der Waals surface area contributed by atoms with Crippen molar-refractivity contribution in [3.8, 4) is 6.07 Å². The van der Waals surface area contributed by atoms with Gasteiger partial charge >= 0.3 is 0 Å². The summed E-state index contributed by atoms with van der Waals surface area (Å²) in [4.78, 5) is 0. The van der Waals surface area contributed by atoms with Gasteiger partial charge in [0.1, 0.15) is 0 Å². The third-order valence-electron chi connectivity index (χ3n) is 4.28. The quantitative estimate of drug-likeness (QED) is 0.610. The van der Waals surface area contributed by atoms with Crippen LogP contribution in [0, 0.1) is 18.3 Å². The second-order valence-electron chi connectivity index (χ2n) is 6.39. The van der Waals surface area contributed by atoms with Crippen LogP contribution in [0.25, 0.3) is 0 Å². The van der Waals surface area contributed by atoms with Crippen LogP contribution in [-0.2, 0) is 6.42 Å². The maximum absolute atomic E-state index is 8.77. The minimum Gasteiger partial charge on any atom is -0.352 e. The summed E-state index contributed by atoms with van der Waals surface area (Å²) in [5.74, 6) is 0. The van der Waals surface area contributed by atoms with Crippen LogP contribution in [0.15, 0.2) is 78.9 Å². The second kappa shape index (κ2) is 8.98. The van der Waals surface area contributed by atoms with E-state index in [2.05, 4.69) is 60.0 Å². The van der Waals surface area contributed by atoms with Gasteiger partial charge in [0, 0.05) is 5.69 Å². The minimum absolute atomic E-state index is 0.0380. The van der Waals surface area contributed by atoms with Gasteiger partial charge in [0.05, 0.1) is 18.5 Å². The van der Waals surface area contributed by atoms with Gasteiger partial charge in [-0.15, -0.1) is 0 Å². The van der Waals surface area contributed by atoms with Gasteiger partial charge in [-0.1, -0.05) is 72.3 Å². The first-order valence-corrected chi connectivity index (χ1v) is 9.21. The zero-order valence-electron chi connectivity index (χ0n) is 15.1. The number of thiocarbonyl (C=S) groups is 1. The van der Waals surface area contributed by atoms with E-state index in [9.17, 15) is 0 Å². The number of hydrogen-bond acceptors (Lipinski definition) is 2. The highest BCUT2D eigenvalue weighted by atomic mass is 32.1. The number of aryl methyl sites for hydroxylation is 1. The fraction of sp³-hybridized carbons (Fsp3) is 0.130. The Bertz CT molecular complexity index is 943. The Morgan fingerprint density at radius 3 is 2.33 bits per heavy atom. The number of nitrogens with one attached hydrogen (secondary N) is 2. The minimum atomic E-state index is -0.0380. The molecule has 3 aromatic carbocycles. The predicted molar refractivity (Wildman–Crippen MR) is 115 cm³/mol. The van der Waals surface area contributed by atoms with Crippen molar-refractivity contribution in [1.82, 2.24) is 5.32 Å². The molecule has 0 bridgehead atoms. The Hall–Kier alpha value is -3.16. The lowest BCUT2D eigenvalue weighted by atomic mass is 9.97. The Labute approximate surface area is 165 Å². The van der Waals surface area contributed by atoms with E-state index >= 15 is 0 Å². The van der Waals surface area contributed by atoms with Crippen molar-refractivity contribution in [3.05, 3.63) is 101 Å². The first-order chi connectivity index (χ1) is 13.2. The number of rotatable bonds is 5. The molecule has 0 aliphatic heterocycles. The molecular weight excluding hydrogens is 350 g/mol. The molecule has 1 atom stereocenters. The van der Waals surface area contributed by atoms with E-state index in [0.29, 0.717) is 11.5 Å². The first-order valence-electron chi connectivity index (χ1n) is 8.80. The highest BCUT2D eigenvalue weighted by molar-refractivity contribution is 7.80. The summed E-state index contributed by atoms with van der Waals surface area (Å²) in [6.45, 7) is 2.09. The van der Waals surface area contributed by atoms with Crippen LogP contribution in [0.5, 0.6) is 0 Å². The van der Waals surface area contributed by atoms with Gasteiger partial charge in [-0.2, -0.15) is 5.26 Å². The Morgan fingerprint density at radius 2 is 1.67 bits per heavy atom. The van der Waals surface area contributed by atoms with Gasteiger partial charge < -0.3 is 10.6 Å². The summed E-state index contributed by atoms with van der Waals surface area (Å²) in [5.41, 5.74) is 5.41. The Morgan fingerprint density at radius 1 is 0.963 bits per heavy atom. The highest BCUT2D eigenvalue weighted by Crippen LogP contribution is 2.23. The molecule has 0 unspecified atom stereocenters. The topological polar surface area (TPSA) is 47.8 Å². The molecule has 2 N–H and O–H groups in total. The van der Waals surface area contributed by atoms with Crippen LogP contribution in [0.1, 0.15) is 28.3 Å². The lowest BCUT2D eigenvalue weighted by Crippen LogP contribution is -2.33. The van der Waals surface area contributed by atoms with Crippen LogP contribution in [0.4, 0.5) is 5.69 Å². The molecule has 0 spiro atoms. The molecule has 3 rings (SSSR count). The van der Waals surface area contributed by atoms with E-state index < -0.39 is 0 Å². The normalized spacial score (nSPS) is 11.3. The van der Waals surface area contributed by atoms with Gasteiger partial charge in [0.15, 0.2) is 5.11 Å². The molecule has 0 aliphatic rings. The molecule has 0 radical (unpaired) electrons. The van der Waals surface area contributed by atoms with E-state index in [4.69, 9.17) is 17.5 Å². The average molecular weight is 372 g/mol. The smallest absolute Gasteiger partial charge is 0.171 e. The zero-order chi connectivity index (χ0) is 19.1. The largest absolute Gasteiger partial charge is 0.352 e. The van der Waals surface area contributed by atoms with Crippen molar-refractivity contribution in [2.75, 3.05) is 5.32 Å². The molecule has 0 aliphatic carbocycles. The molecule has 0 heterocycles. The van der Waals surface area contributed by atoms with Gasteiger partial charge in [0.25, 0.3) is 0 Å². The molecule has 0 fully saturated rings. The molecule has 0 saturated carbocycles. The predicted octanol–water partition coefficient (Wildman–Crippen LogP) is 5.14. The SMILES string of the molecule is Cc1cccc([C@@H](NC(=S)Nc2ccc(CC#N)cc2)c2ccccc2)c1. The van der Waals surface area contributed by atoms with Crippen LogP contribution in [-0.4, -0.2) is 5.11 Å². The van der Waals surface area contributed by atoms with Gasteiger partial charge in [-0.3, -0.25) is 0 Å². The monoisotopic (exact) mass is 371 g/mol. The lowest BCUT2D eigenvalue weighted by Gasteiger charge is -2.22. The molecule has 3 nitrogen and oxygen atoms in total. The van der Waals surface area contributed by atoms with E-state index in [-0.39, 0.29) is 6.04 Å². The van der Waals surface area contributed by atoms with Crippen LogP contribution in [0.3, 0.4) is 0 Å². The molecule has 4 heteroatoms. The Kier molecular flexibility index (Phi) is 6.19. The standard InChI is InChI=1S/C23H21N3S/c1-17-6-5-9-20(16-17)22(19-7-3-2-4-8-19)26-23(27)25-21-12-10-18(11-13-21)14-15-24/h2-13,16,22H,14H2,1H3,(H2,25,26,27)/t22-/m0/s1. The maximum atomic E-state index is 8.77. The fourth-order valence-corrected chi connectivity index (χ4v) is 3.19. The van der Waals surface area contributed by atoms with Crippen molar-refractivity contribution >= 4 is 23.0 Å². The average Bonchev–Trinajstić information content (AvgIpc) is 2.68. The van der Waals surface area contributed by atoms with E-state index in [1.54, 1.807) is 0 Å². The maximum Gasteiger partial charge on any atom is 0.171 e. The third kappa shape index (κ3) is 5.16. The van der Waals surface area contributed by atoms with Gasteiger partial charge in [-0.25, -0.2) is 0 Å². The summed E-state index contributed by atoms with van der Waals surface area (Å²) in [6.07, 6.45) is 0.409. The number of anilines is 1. The van der Waals surface area contributed by atoms with Gasteiger partial charge in [-0.05, 0) is 48.0 Å². The van der Waals surface area contributed by atoms with Crippen molar-refractivity contribution in [3.63, 3.8) is 0 Å². The second-order valence-corrected chi connectivity index (χ2v) is 6.80. The van der Waals surface area contributed by atoms with Crippen molar-refractivity contribution in [2.45, 2.75) is 19.4 Å². The van der Waals surface area contributed by atoms with Crippen molar-refractivity contribution in [2.24, 2.45) is 0 Å². The molecule has 0 aromatic heterocycles. The molecule has 134 valence electrons. The summed E-state index contributed by atoms with van der Waals surface area (Å²) >= 11 is 5.55. The summed E-state index contributed by atoms with van der Waals surface area (Å²) in [6, 6.07) is 28.5. The first kappa shape index (κ1) is 18.6. The summed E-state index contributed by atoms with van der Waals surface area (Å²) in [7, 11) is 0. The number of nitrogens with zero attached hydrogens (tertiary/aromatic N) is 1. The van der Waals surface area contributed by atoms with Crippen LogP contribution < -0.4 is 10.6 Å². The van der Waals surface area contributed by atoms with Crippen molar-refractivity contribution in [1.29, 1.82) is 5.26 Å². The highest BCUT2D eigenvalue weighted by Gasteiger charge is 2.15. The molecule has 27 heavy (non-hydrogen) atoms.